The highest BCUT2D eigenvalue weighted by molar-refractivity contribution is 6.00. The zero-order valence-corrected chi connectivity index (χ0v) is 20.2. The number of ether oxygens (including phenoxy) is 1. The van der Waals surface area contributed by atoms with Gasteiger partial charge >= 0.3 is 6.18 Å². The van der Waals surface area contributed by atoms with Gasteiger partial charge in [0.1, 0.15) is 5.75 Å². The van der Waals surface area contributed by atoms with Crippen molar-refractivity contribution in [3.05, 3.63) is 107 Å². The molecule has 3 aromatic rings. The SMILES string of the molecule is CCOc1ccc(C(=CC=CC(=O)Nc2cccc3c2CC(O)CN3)c2ccc(C(F)(F)F)cc2)cc1. The maximum atomic E-state index is 13.1. The Morgan fingerprint density at radius 3 is 2.41 bits per heavy atom. The first-order valence-corrected chi connectivity index (χ1v) is 11.9. The minimum Gasteiger partial charge on any atom is -0.494 e. The second-order valence-corrected chi connectivity index (χ2v) is 8.53. The number of hydrogen-bond acceptors (Lipinski definition) is 4. The molecule has 37 heavy (non-hydrogen) atoms. The summed E-state index contributed by atoms with van der Waals surface area (Å²) in [4.78, 5) is 12.7. The second-order valence-electron chi connectivity index (χ2n) is 8.53. The van der Waals surface area contributed by atoms with Gasteiger partial charge in [0.2, 0.25) is 5.91 Å². The van der Waals surface area contributed by atoms with Gasteiger partial charge in [-0.2, -0.15) is 13.2 Å². The Balaban J connectivity index is 1.58. The van der Waals surface area contributed by atoms with Crippen LogP contribution in [-0.4, -0.2) is 30.3 Å². The minimum absolute atomic E-state index is 0.372. The van der Waals surface area contributed by atoms with Crippen LogP contribution in [0.4, 0.5) is 24.5 Å². The van der Waals surface area contributed by atoms with Crippen molar-refractivity contribution in [2.24, 2.45) is 0 Å². The number of anilines is 2. The van der Waals surface area contributed by atoms with Crippen LogP contribution in [-0.2, 0) is 17.4 Å². The number of aliphatic hydroxyl groups excluding tert-OH is 1. The first kappa shape index (κ1) is 26.0. The Bertz CT molecular complexity index is 1300. The van der Waals surface area contributed by atoms with Crippen molar-refractivity contribution in [2.75, 3.05) is 23.8 Å². The number of β-amino-alcohol motifs (C(OH)–C–C–N with tert-alkyl or cyclic N) is 1. The highest BCUT2D eigenvalue weighted by Gasteiger charge is 2.30. The monoisotopic (exact) mass is 508 g/mol. The first-order chi connectivity index (χ1) is 17.7. The zero-order chi connectivity index (χ0) is 26.4. The predicted octanol–water partition coefficient (Wildman–Crippen LogP) is 6.06. The molecule has 3 aromatic carbocycles. The summed E-state index contributed by atoms with van der Waals surface area (Å²) in [6.07, 6.45) is 0.0553. The average molecular weight is 509 g/mol. The summed E-state index contributed by atoms with van der Waals surface area (Å²) in [5, 5.41) is 16.0. The van der Waals surface area contributed by atoms with Crippen molar-refractivity contribution in [3.63, 3.8) is 0 Å². The van der Waals surface area contributed by atoms with Gasteiger partial charge in [-0.3, -0.25) is 4.79 Å². The normalized spacial score (nSPS) is 15.7. The maximum absolute atomic E-state index is 13.1. The summed E-state index contributed by atoms with van der Waals surface area (Å²) in [6, 6.07) is 17.6. The molecule has 0 bridgehead atoms. The molecule has 4 rings (SSSR count). The molecule has 5 nitrogen and oxygen atoms in total. The lowest BCUT2D eigenvalue weighted by Gasteiger charge is -2.24. The number of benzene rings is 3. The Hall–Kier alpha value is -4.04. The summed E-state index contributed by atoms with van der Waals surface area (Å²) in [5.74, 6) is 0.307. The van der Waals surface area contributed by atoms with Crippen LogP contribution in [0.1, 0.15) is 29.2 Å². The van der Waals surface area contributed by atoms with Crippen molar-refractivity contribution < 1.29 is 27.8 Å². The van der Waals surface area contributed by atoms with Gasteiger partial charge in [-0.15, -0.1) is 0 Å². The molecule has 0 aliphatic carbocycles. The fourth-order valence-electron chi connectivity index (χ4n) is 4.13. The number of carbonyl (C=O) groups excluding carboxylic acids is 1. The van der Waals surface area contributed by atoms with Crippen LogP contribution < -0.4 is 15.4 Å². The maximum Gasteiger partial charge on any atom is 0.416 e. The smallest absolute Gasteiger partial charge is 0.416 e. The lowest BCUT2D eigenvalue weighted by molar-refractivity contribution is -0.137. The molecule has 1 atom stereocenters. The quantitative estimate of drug-likeness (QED) is 0.268. The van der Waals surface area contributed by atoms with Gasteiger partial charge in [-0.05, 0) is 60.0 Å². The molecule has 192 valence electrons. The fourth-order valence-corrected chi connectivity index (χ4v) is 4.13. The van der Waals surface area contributed by atoms with E-state index >= 15 is 0 Å². The number of allylic oxidation sites excluding steroid dienone is 2. The number of alkyl halides is 3. The first-order valence-electron chi connectivity index (χ1n) is 11.9. The molecular formula is C29H27F3N2O3. The van der Waals surface area contributed by atoms with Crippen molar-refractivity contribution in [3.8, 4) is 5.75 Å². The van der Waals surface area contributed by atoms with E-state index in [1.54, 1.807) is 30.4 Å². The van der Waals surface area contributed by atoms with E-state index in [4.69, 9.17) is 4.74 Å². The van der Waals surface area contributed by atoms with E-state index in [1.165, 1.54) is 18.2 Å². The standard InChI is InChI=1S/C29H27F3N2O3/c1-2-37-23-15-11-20(12-16-23)24(19-9-13-21(14-10-19)29(30,31)32)5-3-8-28(36)34-27-7-4-6-26-25(27)17-22(35)18-33-26/h3-16,22,33,35H,2,17-18H2,1H3,(H,34,36). The molecule has 1 heterocycles. The Morgan fingerprint density at radius 2 is 1.76 bits per heavy atom. The van der Waals surface area contributed by atoms with E-state index in [0.29, 0.717) is 42.1 Å². The Morgan fingerprint density at radius 1 is 1.08 bits per heavy atom. The third-order valence-electron chi connectivity index (χ3n) is 5.91. The molecule has 0 spiro atoms. The zero-order valence-electron chi connectivity index (χ0n) is 20.2. The predicted molar refractivity (Wildman–Crippen MR) is 139 cm³/mol. The van der Waals surface area contributed by atoms with Crippen molar-refractivity contribution in [1.82, 2.24) is 0 Å². The van der Waals surface area contributed by atoms with Crippen LogP contribution >= 0.6 is 0 Å². The van der Waals surface area contributed by atoms with Gasteiger partial charge in [0, 0.05) is 36.0 Å². The molecule has 3 N–H and O–H groups in total. The molecule has 1 amide bonds. The largest absolute Gasteiger partial charge is 0.494 e. The van der Waals surface area contributed by atoms with Crippen molar-refractivity contribution in [1.29, 1.82) is 0 Å². The number of hydrogen-bond donors (Lipinski definition) is 3. The molecule has 0 saturated carbocycles. The summed E-state index contributed by atoms with van der Waals surface area (Å²) in [7, 11) is 0. The number of nitrogens with one attached hydrogen (secondary N) is 2. The van der Waals surface area contributed by atoms with Gasteiger partial charge in [0.25, 0.3) is 0 Å². The molecule has 0 aromatic heterocycles. The summed E-state index contributed by atoms with van der Waals surface area (Å²) >= 11 is 0. The van der Waals surface area contributed by atoms with E-state index in [2.05, 4.69) is 10.6 Å². The number of rotatable bonds is 7. The molecule has 0 saturated heterocycles. The fraction of sp³-hybridized carbons (Fsp3) is 0.207. The Labute approximate surface area is 213 Å². The topological polar surface area (TPSA) is 70.6 Å². The molecule has 1 aliphatic heterocycles. The van der Waals surface area contributed by atoms with Crippen LogP contribution in [0, 0.1) is 0 Å². The summed E-state index contributed by atoms with van der Waals surface area (Å²) in [6.45, 7) is 2.84. The molecule has 1 aliphatic rings. The number of fused-ring (bicyclic) bond motifs is 1. The third-order valence-corrected chi connectivity index (χ3v) is 5.91. The highest BCUT2D eigenvalue weighted by Crippen LogP contribution is 2.32. The van der Waals surface area contributed by atoms with Gasteiger partial charge in [-0.1, -0.05) is 42.5 Å². The van der Waals surface area contributed by atoms with E-state index in [1.807, 2.05) is 31.2 Å². The molecular weight excluding hydrogens is 481 g/mol. The van der Waals surface area contributed by atoms with E-state index in [0.717, 1.165) is 28.9 Å². The van der Waals surface area contributed by atoms with E-state index < -0.39 is 17.8 Å². The highest BCUT2D eigenvalue weighted by atomic mass is 19.4. The van der Waals surface area contributed by atoms with Crippen LogP contribution in [0.5, 0.6) is 5.75 Å². The van der Waals surface area contributed by atoms with Gasteiger partial charge in [-0.25, -0.2) is 0 Å². The van der Waals surface area contributed by atoms with E-state index in [9.17, 15) is 23.1 Å². The summed E-state index contributed by atoms with van der Waals surface area (Å²) in [5.41, 5.74) is 3.54. The van der Waals surface area contributed by atoms with Gasteiger partial charge in [0.15, 0.2) is 0 Å². The lowest BCUT2D eigenvalue weighted by atomic mass is 9.96. The molecule has 0 radical (unpaired) electrons. The minimum atomic E-state index is -4.43. The molecule has 8 heteroatoms. The van der Waals surface area contributed by atoms with Crippen molar-refractivity contribution in [2.45, 2.75) is 25.6 Å². The third kappa shape index (κ3) is 6.59. The average Bonchev–Trinajstić information content (AvgIpc) is 2.87. The van der Waals surface area contributed by atoms with E-state index in [-0.39, 0.29) is 5.91 Å². The second kappa shape index (κ2) is 11.3. The molecule has 1 unspecified atom stereocenters. The van der Waals surface area contributed by atoms with Crippen LogP contribution in [0.3, 0.4) is 0 Å². The Kier molecular flexibility index (Phi) is 7.98. The van der Waals surface area contributed by atoms with Crippen LogP contribution in [0.25, 0.3) is 5.57 Å². The summed E-state index contributed by atoms with van der Waals surface area (Å²) < 4.78 is 44.7. The lowest BCUT2D eigenvalue weighted by Crippen LogP contribution is -2.28. The van der Waals surface area contributed by atoms with Gasteiger partial charge in [0.05, 0.1) is 18.3 Å². The number of aliphatic hydroxyl groups is 1. The molecule has 0 fully saturated rings. The van der Waals surface area contributed by atoms with Crippen LogP contribution in [0.2, 0.25) is 0 Å². The number of halogens is 3. The van der Waals surface area contributed by atoms with Gasteiger partial charge < -0.3 is 20.5 Å². The number of amides is 1. The van der Waals surface area contributed by atoms with Crippen LogP contribution in [0.15, 0.2) is 85.0 Å². The van der Waals surface area contributed by atoms with Crippen molar-refractivity contribution >= 4 is 22.9 Å². The number of carbonyl (C=O) groups is 1.